The topological polar surface area (TPSA) is 118 Å². The molecule has 2 atom stereocenters. The van der Waals surface area contributed by atoms with E-state index in [1.54, 1.807) is 24.1 Å². The lowest BCUT2D eigenvalue weighted by atomic mass is 10.1. The van der Waals surface area contributed by atoms with Gasteiger partial charge in [-0.25, -0.2) is 4.98 Å². The number of methoxy groups -OCH3 is 2. The molecule has 0 bridgehead atoms. The molecule has 0 spiro atoms. The van der Waals surface area contributed by atoms with Crippen LogP contribution in [0.5, 0.6) is 5.88 Å². The lowest BCUT2D eigenvalue weighted by molar-refractivity contribution is -0.127. The molecule has 1 aromatic heterocycles. The van der Waals surface area contributed by atoms with Crippen molar-refractivity contribution in [3.63, 3.8) is 0 Å². The smallest absolute Gasteiger partial charge is 0.290 e. The third kappa shape index (κ3) is 3.77. The molecular weight excluding hydrogens is 342 g/mol. The van der Waals surface area contributed by atoms with Crippen LogP contribution in [0.4, 0.5) is 0 Å². The quantitative estimate of drug-likeness (QED) is 0.544. The first-order chi connectivity index (χ1) is 12.5. The summed E-state index contributed by atoms with van der Waals surface area (Å²) in [5.74, 6) is 0.494. The average molecular weight is 365 g/mol. The highest BCUT2D eigenvalue weighted by Gasteiger charge is 2.68. The third-order valence-electron chi connectivity index (χ3n) is 4.68. The number of carbonyl (C=O) groups is 3. The van der Waals surface area contributed by atoms with E-state index in [9.17, 15) is 9.59 Å². The third-order valence-corrected chi connectivity index (χ3v) is 4.68. The van der Waals surface area contributed by atoms with Crippen LogP contribution in [0.15, 0.2) is 18.3 Å². The van der Waals surface area contributed by atoms with Crippen LogP contribution in [0.2, 0.25) is 0 Å². The molecular formula is C17H23N3O6. The second-order valence-electron chi connectivity index (χ2n) is 6.01. The molecule has 0 aromatic carbocycles. The second-order valence-corrected chi connectivity index (χ2v) is 6.01. The number of pyridine rings is 1. The molecule has 2 N–H and O–H groups in total. The SMILES string of the molecule is COCCNC(=O)C12CC1CCN2C(=O)c1ccc(OC)nc1.O=CO. The number of carbonyl (C=O) groups excluding carboxylic acids is 2. The molecule has 142 valence electrons. The fraction of sp³-hybridized carbons (Fsp3) is 0.529. The number of ether oxygens (including phenoxy) is 2. The molecule has 9 heteroatoms. The molecule has 3 rings (SSSR count). The number of hydrogen-bond acceptors (Lipinski definition) is 6. The number of amides is 2. The van der Waals surface area contributed by atoms with Crippen molar-refractivity contribution in [3.8, 4) is 5.88 Å². The Balaban J connectivity index is 0.000000758. The Hall–Kier alpha value is -2.68. The molecule has 1 saturated heterocycles. The first-order valence-corrected chi connectivity index (χ1v) is 8.22. The Bertz CT molecular complexity index is 650. The Morgan fingerprint density at radius 1 is 1.46 bits per heavy atom. The average Bonchev–Trinajstić information content (AvgIpc) is 3.28. The minimum absolute atomic E-state index is 0.0770. The number of hydrogen-bond donors (Lipinski definition) is 2. The molecule has 2 amide bonds. The van der Waals surface area contributed by atoms with Crippen LogP contribution in [-0.4, -0.2) is 72.7 Å². The standard InChI is InChI=1S/C16H21N3O4.CH2O2/c1-22-8-6-17-15(21)16-9-12(16)5-7-19(16)14(20)11-3-4-13(23-2)18-10-11;2-1-3/h3-4,10,12H,5-9H2,1-2H3,(H,17,21);1H,(H,2,3). The van der Waals surface area contributed by atoms with Gasteiger partial charge in [0.2, 0.25) is 11.8 Å². The van der Waals surface area contributed by atoms with Crippen LogP contribution in [0.1, 0.15) is 23.2 Å². The van der Waals surface area contributed by atoms with Gasteiger partial charge in [-0.15, -0.1) is 0 Å². The van der Waals surface area contributed by atoms with Gasteiger partial charge in [0, 0.05) is 32.5 Å². The maximum absolute atomic E-state index is 12.8. The van der Waals surface area contributed by atoms with Crippen molar-refractivity contribution in [3.05, 3.63) is 23.9 Å². The van der Waals surface area contributed by atoms with Crippen molar-refractivity contribution >= 4 is 18.3 Å². The summed E-state index contributed by atoms with van der Waals surface area (Å²) in [5, 5.41) is 9.76. The van der Waals surface area contributed by atoms with Gasteiger partial charge in [0.05, 0.1) is 19.3 Å². The maximum Gasteiger partial charge on any atom is 0.290 e. The monoisotopic (exact) mass is 365 g/mol. The van der Waals surface area contributed by atoms with Gasteiger partial charge >= 0.3 is 0 Å². The zero-order valence-electron chi connectivity index (χ0n) is 14.8. The van der Waals surface area contributed by atoms with Crippen molar-refractivity contribution in [2.45, 2.75) is 18.4 Å². The molecule has 2 heterocycles. The molecule has 1 aliphatic carbocycles. The molecule has 1 saturated carbocycles. The summed E-state index contributed by atoms with van der Waals surface area (Å²) in [7, 11) is 3.12. The van der Waals surface area contributed by atoms with Crippen molar-refractivity contribution in [2.75, 3.05) is 33.9 Å². The van der Waals surface area contributed by atoms with Gasteiger partial charge in [-0.3, -0.25) is 14.4 Å². The normalized spacial score (nSPS) is 22.5. The zero-order valence-corrected chi connectivity index (χ0v) is 14.8. The highest BCUT2D eigenvalue weighted by Crippen LogP contribution is 2.56. The highest BCUT2D eigenvalue weighted by atomic mass is 16.5. The van der Waals surface area contributed by atoms with E-state index < -0.39 is 5.54 Å². The summed E-state index contributed by atoms with van der Waals surface area (Å²) in [6, 6.07) is 3.33. The van der Waals surface area contributed by atoms with Crippen LogP contribution >= 0.6 is 0 Å². The van der Waals surface area contributed by atoms with Crippen LogP contribution in [-0.2, 0) is 14.3 Å². The van der Waals surface area contributed by atoms with Gasteiger partial charge < -0.3 is 24.8 Å². The van der Waals surface area contributed by atoms with Crippen LogP contribution < -0.4 is 10.1 Å². The molecule has 1 aromatic rings. The fourth-order valence-electron chi connectivity index (χ4n) is 3.36. The molecule has 2 aliphatic rings. The summed E-state index contributed by atoms with van der Waals surface area (Å²) < 4.78 is 9.96. The molecule has 2 unspecified atom stereocenters. The maximum atomic E-state index is 12.8. The lowest BCUT2D eigenvalue weighted by Crippen LogP contribution is -2.51. The molecule has 9 nitrogen and oxygen atoms in total. The minimum Gasteiger partial charge on any atom is -0.483 e. The van der Waals surface area contributed by atoms with E-state index >= 15 is 0 Å². The van der Waals surface area contributed by atoms with E-state index in [-0.39, 0.29) is 24.2 Å². The van der Waals surface area contributed by atoms with Crippen molar-refractivity contribution in [2.24, 2.45) is 5.92 Å². The van der Waals surface area contributed by atoms with Crippen LogP contribution in [0.3, 0.4) is 0 Å². The van der Waals surface area contributed by atoms with Gasteiger partial charge in [-0.2, -0.15) is 0 Å². The number of likely N-dealkylation sites (tertiary alicyclic amines) is 1. The number of piperidine rings is 1. The number of rotatable bonds is 6. The zero-order chi connectivity index (χ0) is 19.2. The number of aromatic nitrogens is 1. The second kappa shape index (κ2) is 8.61. The molecule has 0 radical (unpaired) electrons. The summed E-state index contributed by atoms with van der Waals surface area (Å²) in [6.07, 6.45) is 3.10. The first kappa shape index (κ1) is 19.6. The van der Waals surface area contributed by atoms with Gasteiger partial charge in [-0.05, 0) is 24.8 Å². The predicted molar refractivity (Wildman–Crippen MR) is 90.9 cm³/mol. The van der Waals surface area contributed by atoms with Gasteiger partial charge in [0.25, 0.3) is 12.4 Å². The summed E-state index contributed by atoms with van der Waals surface area (Å²) >= 11 is 0. The summed E-state index contributed by atoms with van der Waals surface area (Å²) in [5.41, 5.74) is -0.201. The van der Waals surface area contributed by atoms with E-state index in [0.717, 1.165) is 12.8 Å². The van der Waals surface area contributed by atoms with Crippen molar-refractivity contribution in [1.82, 2.24) is 15.2 Å². The summed E-state index contributed by atoms with van der Waals surface area (Å²) in [6.45, 7) is 1.27. The highest BCUT2D eigenvalue weighted by molar-refractivity contribution is 6.01. The summed E-state index contributed by atoms with van der Waals surface area (Å²) in [4.78, 5) is 39.4. The molecule has 2 fully saturated rings. The Labute approximate surface area is 151 Å². The molecule has 1 aliphatic heterocycles. The van der Waals surface area contributed by atoms with Gasteiger partial charge in [-0.1, -0.05) is 0 Å². The Kier molecular flexibility index (Phi) is 6.51. The first-order valence-electron chi connectivity index (χ1n) is 8.22. The largest absolute Gasteiger partial charge is 0.483 e. The number of fused-ring (bicyclic) bond motifs is 1. The van der Waals surface area contributed by atoms with E-state index in [0.29, 0.717) is 31.1 Å². The van der Waals surface area contributed by atoms with Gasteiger partial charge in [0.1, 0.15) is 5.54 Å². The lowest BCUT2D eigenvalue weighted by Gasteiger charge is -2.27. The number of carboxylic acid groups (broad SMARTS) is 1. The fourth-order valence-corrected chi connectivity index (χ4v) is 3.36. The van der Waals surface area contributed by atoms with E-state index in [4.69, 9.17) is 19.4 Å². The van der Waals surface area contributed by atoms with Crippen LogP contribution in [0, 0.1) is 5.92 Å². The Morgan fingerprint density at radius 2 is 2.19 bits per heavy atom. The Morgan fingerprint density at radius 3 is 2.73 bits per heavy atom. The minimum atomic E-state index is -0.676. The van der Waals surface area contributed by atoms with Gasteiger partial charge in [0.15, 0.2) is 0 Å². The van der Waals surface area contributed by atoms with E-state index in [1.807, 2.05) is 0 Å². The van der Waals surface area contributed by atoms with Crippen molar-refractivity contribution in [1.29, 1.82) is 0 Å². The predicted octanol–water partition coefficient (Wildman–Crippen LogP) is 0.158. The van der Waals surface area contributed by atoms with Crippen LogP contribution in [0.25, 0.3) is 0 Å². The molecule has 26 heavy (non-hydrogen) atoms. The number of nitrogens with one attached hydrogen (secondary N) is 1. The van der Waals surface area contributed by atoms with E-state index in [1.165, 1.54) is 13.3 Å². The van der Waals surface area contributed by atoms with Crippen molar-refractivity contribution < 1.29 is 29.0 Å². The number of nitrogens with zero attached hydrogens (tertiary/aromatic N) is 2. The van der Waals surface area contributed by atoms with E-state index in [2.05, 4.69) is 10.3 Å².